The number of benzene rings is 2. The first-order valence-electron chi connectivity index (χ1n) is 13.2. The van der Waals surface area contributed by atoms with E-state index in [1.165, 1.54) is 31.2 Å². The zero-order chi connectivity index (χ0) is 25.1. The SMILES string of the molecule is COc1ccc([C@]23Oc4cccc5c4[C@@H](OC(C4CCCC4)=C5)[C@H]2CCN3C(=O)OC(C)(C)C)cc1. The third-order valence-corrected chi connectivity index (χ3v) is 8.02. The van der Waals surface area contributed by atoms with Crippen LogP contribution in [0, 0.1) is 11.8 Å². The molecule has 0 unspecified atom stereocenters. The van der Waals surface area contributed by atoms with Crippen LogP contribution in [-0.2, 0) is 15.2 Å². The summed E-state index contributed by atoms with van der Waals surface area (Å²) in [7, 11) is 1.65. The van der Waals surface area contributed by atoms with Gasteiger partial charge in [-0.05, 0) is 82.0 Å². The van der Waals surface area contributed by atoms with Crippen molar-refractivity contribution in [3.8, 4) is 11.5 Å². The van der Waals surface area contributed by atoms with E-state index >= 15 is 0 Å². The van der Waals surface area contributed by atoms with Crippen LogP contribution in [0.25, 0.3) is 6.08 Å². The van der Waals surface area contributed by atoms with Gasteiger partial charge >= 0.3 is 6.09 Å². The van der Waals surface area contributed by atoms with Crippen molar-refractivity contribution in [1.82, 2.24) is 4.90 Å². The van der Waals surface area contributed by atoms with Gasteiger partial charge in [-0.25, -0.2) is 4.79 Å². The molecule has 0 spiro atoms. The summed E-state index contributed by atoms with van der Waals surface area (Å²) in [6.45, 7) is 6.21. The molecule has 0 bridgehead atoms. The average molecular weight is 490 g/mol. The molecular weight excluding hydrogens is 454 g/mol. The Morgan fingerprint density at radius 1 is 1.06 bits per heavy atom. The smallest absolute Gasteiger partial charge is 0.413 e. The first-order valence-corrected chi connectivity index (χ1v) is 13.2. The van der Waals surface area contributed by atoms with Gasteiger partial charge in [0.2, 0.25) is 5.72 Å². The number of ether oxygens (including phenoxy) is 4. The van der Waals surface area contributed by atoms with Gasteiger partial charge in [0.1, 0.15) is 29.0 Å². The largest absolute Gasteiger partial charge is 0.497 e. The van der Waals surface area contributed by atoms with Crippen molar-refractivity contribution in [3.63, 3.8) is 0 Å². The predicted molar refractivity (Wildman–Crippen MR) is 137 cm³/mol. The number of likely N-dealkylation sites (tertiary alicyclic amines) is 1. The van der Waals surface area contributed by atoms with E-state index in [2.05, 4.69) is 12.1 Å². The number of amides is 1. The second-order valence-corrected chi connectivity index (χ2v) is 11.4. The molecule has 190 valence electrons. The Morgan fingerprint density at radius 3 is 2.50 bits per heavy atom. The second-order valence-electron chi connectivity index (χ2n) is 11.4. The zero-order valence-electron chi connectivity index (χ0n) is 21.6. The first kappa shape index (κ1) is 23.3. The van der Waals surface area contributed by atoms with Gasteiger partial charge in [-0.2, -0.15) is 0 Å². The number of methoxy groups -OCH3 is 1. The van der Waals surface area contributed by atoms with Crippen molar-refractivity contribution in [1.29, 1.82) is 0 Å². The van der Waals surface area contributed by atoms with Crippen LogP contribution in [0.3, 0.4) is 0 Å². The van der Waals surface area contributed by atoms with Crippen LogP contribution in [0.2, 0.25) is 0 Å². The van der Waals surface area contributed by atoms with Crippen LogP contribution in [0.1, 0.15) is 75.7 Å². The number of fused-ring (bicyclic) bond motifs is 2. The fourth-order valence-electron chi connectivity index (χ4n) is 6.47. The quantitative estimate of drug-likeness (QED) is 0.475. The van der Waals surface area contributed by atoms with Gasteiger partial charge in [0.15, 0.2) is 0 Å². The van der Waals surface area contributed by atoms with Crippen LogP contribution < -0.4 is 9.47 Å². The lowest BCUT2D eigenvalue weighted by molar-refractivity contribution is -0.144. The van der Waals surface area contributed by atoms with E-state index in [0.717, 1.165) is 34.8 Å². The topological polar surface area (TPSA) is 57.2 Å². The van der Waals surface area contributed by atoms with Crippen LogP contribution in [-0.4, -0.2) is 30.2 Å². The minimum absolute atomic E-state index is 0.0860. The van der Waals surface area contributed by atoms with Crippen LogP contribution >= 0.6 is 0 Å². The number of hydrogen-bond acceptors (Lipinski definition) is 5. The van der Waals surface area contributed by atoms with Crippen molar-refractivity contribution in [2.45, 2.75) is 70.3 Å². The number of hydrogen-bond donors (Lipinski definition) is 0. The Hall–Kier alpha value is -3.15. The molecule has 36 heavy (non-hydrogen) atoms. The molecule has 3 heterocycles. The van der Waals surface area contributed by atoms with Crippen molar-refractivity contribution < 1.29 is 23.7 Å². The Morgan fingerprint density at radius 2 is 1.81 bits per heavy atom. The molecule has 4 aliphatic rings. The lowest BCUT2D eigenvalue weighted by Crippen LogP contribution is -2.56. The standard InChI is InChI=1S/C30H35NO5/c1-29(2,3)36-28(32)31-17-16-23-27-26-20(18-25(34-27)19-8-5-6-9-19)10-7-11-24(26)35-30(23,31)21-12-14-22(33-4)15-13-21/h7,10-15,18-19,23,27H,5-6,8-9,16-17H2,1-4H3/t23-,27+,30+/m1/s1. The molecule has 0 aromatic heterocycles. The fourth-order valence-corrected chi connectivity index (χ4v) is 6.47. The van der Waals surface area contributed by atoms with Gasteiger partial charge in [-0.3, -0.25) is 4.90 Å². The van der Waals surface area contributed by atoms with E-state index in [1.54, 1.807) is 12.0 Å². The lowest BCUT2D eigenvalue weighted by atomic mass is 9.77. The molecule has 2 fully saturated rings. The maximum atomic E-state index is 13.6. The lowest BCUT2D eigenvalue weighted by Gasteiger charge is -2.49. The summed E-state index contributed by atoms with van der Waals surface area (Å²) in [5, 5.41) is 0. The predicted octanol–water partition coefficient (Wildman–Crippen LogP) is 6.80. The van der Waals surface area contributed by atoms with Crippen molar-refractivity contribution in [2.75, 3.05) is 13.7 Å². The van der Waals surface area contributed by atoms with Gasteiger partial charge in [-0.1, -0.05) is 25.0 Å². The minimum atomic E-state index is -1.04. The molecule has 6 nitrogen and oxygen atoms in total. The van der Waals surface area contributed by atoms with Gasteiger partial charge < -0.3 is 18.9 Å². The normalized spacial score (nSPS) is 26.9. The molecular formula is C30H35NO5. The highest BCUT2D eigenvalue weighted by atomic mass is 16.6. The van der Waals surface area contributed by atoms with Crippen molar-refractivity contribution >= 4 is 12.2 Å². The number of carbonyl (C=O) groups is 1. The van der Waals surface area contributed by atoms with Crippen molar-refractivity contribution in [3.05, 3.63) is 64.9 Å². The number of carbonyl (C=O) groups excluding carboxylic acids is 1. The van der Waals surface area contributed by atoms with Crippen molar-refractivity contribution in [2.24, 2.45) is 11.8 Å². The maximum Gasteiger partial charge on any atom is 0.413 e. The highest BCUT2D eigenvalue weighted by Gasteiger charge is 2.62. The van der Waals surface area contributed by atoms with Crippen LogP contribution in [0.4, 0.5) is 4.79 Å². The summed E-state index contributed by atoms with van der Waals surface area (Å²) >= 11 is 0. The molecule has 3 atom stereocenters. The summed E-state index contributed by atoms with van der Waals surface area (Å²) in [4.78, 5) is 15.4. The minimum Gasteiger partial charge on any atom is -0.497 e. The van der Waals surface area contributed by atoms with E-state index in [9.17, 15) is 4.79 Å². The van der Waals surface area contributed by atoms with Gasteiger partial charge in [0.25, 0.3) is 0 Å². The van der Waals surface area contributed by atoms with E-state index in [4.69, 9.17) is 18.9 Å². The van der Waals surface area contributed by atoms with E-state index in [-0.39, 0.29) is 18.1 Å². The molecule has 1 amide bonds. The number of rotatable bonds is 3. The summed E-state index contributed by atoms with van der Waals surface area (Å²) in [5.74, 6) is 2.98. The average Bonchev–Trinajstić information content (AvgIpc) is 3.52. The molecule has 0 N–H and O–H groups in total. The van der Waals surface area contributed by atoms with Crippen LogP contribution in [0.15, 0.2) is 48.2 Å². The third-order valence-electron chi connectivity index (χ3n) is 8.02. The molecule has 6 rings (SSSR count). The first-order chi connectivity index (χ1) is 17.3. The van der Waals surface area contributed by atoms with E-state index in [0.29, 0.717) is 12.5 Å². The Kier molecular flexibility index (Phi) is 5.47. The Bertz CT molecular complexity index is 1190. The maximum absolute atomic E-state index is 13.6. The van der Waals surface area contributed by atoms with Gasteiger partial charge in [0.05, 0.1) is 13.0 Å². The second kappa shape index (κ2) is 8.46. The third kappa shape index (κ3) is 3.64. The highest BCUT2D eigenvalue weighted by Crippen LogP contribution is 2.59. The van der Waals surface area contributed by atoms with Crippen LogP contribution in [0.5, 0.6) is 11.5 Å². The molecule has 3 aliphatic heterocycles. The molecule has 2 aromatic carbocycles. The van der Waals surface area contributed by atoms with E-state index < -0.39 is 11.3 Å². The van der Waals surface area contributed by atoms with Gasteiger partial charge in [0, 0.05) is 23.6 Å². The highest BCUT2D eigenvalue weighted by molar-refractivity contribution is 5.71. The molecule has 1 aliphatic carbocycles. The molecule has 2 aromatic rings. The Labute approximate surface area is 213 Å². The molecule has 6 heteroatoms. The summed E-state index contributed by atoms with van der Waals surface area (Å²) in [6.07, 6.45) is 7.24. The zero-order valence-corrected chi connectivity index (χ0v) is 21.6. The number of allylic oxidation sites excluding steroid dienone is 1. The van der Waals surface area contributed by atoms with Gasteiger partial charge in [-0.15, -0.1) is 0 Å². The number of nitrogens with zero attached hydrogens (tertiary/aromatic N) is 1. The summed E-state index contributed by atoms with van der Waals surface area (Å²) in [6, 6.07) is 14.0. The fraction of sp³-hybridized carbons (Fsp3) is 0.500. The molecule has 1 saturated heterocycles. The summed E-state index contributed by atoms with van der Waals surface area (Å²) in [5.41, 5.74) is 1.51. The van der Waals surface area contributed by atoms with E-state index in [1.807, 2.05) is 57.2 Å². The molecule has 0 radical (unpaired) electrons. The monoisotopic (exact) mass is 489 g/mol. The summed E-state index contributed by atoms with van der Waals surface area (Å²) < 4.78 is 25.1. The Balaban J connectivity index is 1.49. The molecule has 1 saturated carbocycles.